The van der Waals surface area contributed by atoms with Gasteiger partial charge in [0.05, 0.1) is 13.0 Å². The molecule has 1 aliphatic heterocycles. The first-order valence-corrected chi connectivity index (χ1v) is 6.02. The Bertz CT molecular complexity index is 442. The van der Waals surface area contributed by atoms with Crippen molar-refractivity contribution in [3.63, 3.8) is 0 Å². The molecule has 0 radical (unpaired) electrons. The molecule has 2 amide bonds. The van der Waals surface area contributed by atoms with Crippen LogP contribution in [0.3, 0.4) is 0 Å². The molecule has 2 rings (SSSR count). The van der Waals surface area contributed by atoms with Crippen LogP contribution in [0.1, 0.15) is 19.8 Å². The molecule has 0 saturated carbocycles. The molecular weight excluding hydrogens is 232 g/mol. The zero-order valence-electron chi connectivity index (χ0n) is 10.2. The highest BCUT2D eigenvalue weighted by molar-refractivity contribution is 6.06. The van der Waals surface area contributed by atoms with E-state index in [0.29, 0.717) is 6.61 Å². The van der Waals surface area contributed by atoms with E-state index in [-0.39, 0.29) is 18.2 Å². The van der Waals surface area contributed by atoms with Gasteiger partial charge in [0, 0.05) is 5.69 Å². The fraction of sp³-hybridized carbons (Fsp3) is 0.385. The third-order valence-corrected chi connectivity index (χ3v) is 2.64. The van der Waals surface area contributed by atoms with Crippen molar-refractivity contribution in [3.8, 4) is 5.75 Å². The Kier molecular flexibility index (Phi) is 3.82. The van der Waals surface area contributed by atoms with Crippen LogP contribution in [0.25, 0.3) is 0 Å². The first kappa shape index (κ1) is 12.4. The zero-order valence-corrected chi connectivity index (χ0v) is 10.2. The number of rotatable bonds is 5. The maximum Gasteiger partial charge on any atom is 0.249 e. The average Bonchev–Trinajstić information content (AvgIpc) is 2.67. The molecule has 1 aromatic rings. The number of carbonyl (C=O) groups excluding carboxylic acids is 2. The van der Waals surface area contributed by atoms with Crippen molar-refractivity contribution >= 4 is 17.5 Å². The Morgan fingerprint density at radius 2 is 2.06 bits per heavy atom. The molecule has 0 bridgehead atoms. The summed E-state index contributed by atoms with van der Waals surface area (Å²) >= 11 is 0. The quantitative estimate of drug-likeness (QED) is 0.771. The Balaban J connectivity index is 1.94. The van der Waals surface area contributed by atoms with Crippen molar-refractivity contribution in [2.75, 3.05) is 11.9 Å². The van der Waals surface area contributed by atoms with E-state index in [1.807, 2.05) is 31.2 Å². The predicted molar refractivity (Wildman–Crippen MR) is 67.4 cm³/mol. The van der Waals surface area contributed by atoms with E-state index in [1.165, 1.54) is 0 Å². The van der Waals surface area contributed by atoms with Crippen molar-refractivity contribution in [1.29, 1.82) is 0 Å². The van der Waals surface area contributed by atoms with E-state index >= 15 is 0 Å². The monoisotopic (exact) mass is 248 g/mol. The Labute approximate surface area is 106 Å². The summed E-state index contributed by atoms with van der Waals surface area (Å²) in [5.74, 6) is 0.293. The number of anilines is 1. The molecule has 1 heterocycles. The van der Waals surface area contributed by atoms with Gasteiger partial charge in [0.1, 0.15) is 11.8 Å². The summed E-state index contributed by atoms with van der Waals surface area (Å²) in [6, 6.07) is 6.88. The van der Waals surface area contributed by atoms with Crippen LogP contribution in [0.5, 0.6) is 5.75 Å². The zero-order chi connectivity index (χ0) is 13.0. The minimum absolute atomic E-state index is 0.187. The molecule has 0 spiro atoms. The topological polar surface area (TPSA) is 67.4 Å². The molecule has 18 heavy (non-hydrogen) atoms. The second-order valence-corrected chi connectivity index (χ2v) is 4.19. The van der Waals surface area contributed by atoms with Crippen LogP contribution in [0.15, 0.2) is 24.3 Å². The highest BCUT2D eigenvalue weighted by Gasteiger charge is 2.30. The summed E-state index contributed by atoms with van der Waals surface area (Å²) in [7, 11) is 0. The smallest absolute Gasteiger partial charge is 0.249 e. The van der Waals surface area contributed by atoms with Gasteiger partial charge in [-0.3, -0.25) is 14.9 Å². The summed E-state index contributed by atoms with van der Waals surface area (Å²) < 4.78 is 5.46. The normalized spacial score (nSPS) is 18.6. The van der Waals surface area contributed by atoms with Gasteiger partial charge in [-0.25, -0.2) is 0 Å². The van der Waals surface area contributed by atoms with E-state index < -0.39 is 6.04 Å². The lowest BCUT2D eigenvalue weighted by molar-refractivity contribution is -0.124. The Morgan fingerprint density at radius 1 is 1.33 bits per heavy atom. The number of ether oxygens (including phenoxy) is 1. The summed E-state index contributed by atoms with van der Waals surface area (Å²) in [5, 5.41) is 5.28. The molecule has 0 aromatic heterocycles. The van der Waals surface area contributed by atoms with E-state index in [9.17, 15) is 9.59 Å². The molecule has 1 aliphatic rings. The number of hydrogen-bond donors (Lipinski definition) is 2. The van der Waals surface area contributed by atoms with Gasteiger partial charge in [0.25, 0.3) is 0 Å². The molecule has 96 valence electrons. The van der Waals surface area contributed by atoms with E-state index in [4.69, 9.17) is 4.74 Å². The first-order chi connectivity index (χ1) is 8.69. The minimum Gasteiger partial charge on any atom is -0.494 e. The second-order valence-electron chi connectivity index (χ2n) is 4.19. The summed E-state index contributed by atoms with van der Waals surface area (Å²) in [6.07, 6.45) is 1.15. The largest absolute Gasteiger partial charge is 0.494 e. The third-order valence-electron chi connectivity index (χ3n) is 2.64. The average molecular weight is 248 g/mol. The van der Waals surface area contributed by atoms with Crippen molar-refractivity contribution in [3.05, 3.63) is 24.3 Å². The number of imide groups is 1. The molecule has 5 heteroatoms. The van der Waals surface area contributed by atoms with Gasteiger partial charge in [0.15, 0.2) is 0 Å². The third kappa shape index (κ3) is 3.00. The maximum atomic E-state index is 11.4. The maximum absolute atomic E-state index is 11.4. The summed E-state index contributed by atoms with van der Waals surface area (Å²) in [5.41, 5.74) is 0.800. The van der Waals surface area contributed by atoms with Crippen molar-refractivity contribution in [1.82, 2.24) is 5.32 Å². The van der Waals surface area contributed by atoms with Crippen LogP contribution in [0.4, 0.5) is 5.69 Å². The molecule has 2 N–H and O–H groups in total. The fourth-order valence-corrected chi connectivity index (χ4v) is 1.74. The van der Waals surface area contributed by atoms with Crippen molar-refractivity contribution in [2.45, 2.75) is 25.8 Å². The number of hydrogen-bond acceptors (Lipinski definition) is 4. The molecule has 0 aliphatic carbocycles. The lowest BCUT2D eigenvalue weighted by atomic mass is 10.2. The Hall–Kier alpha value is -2.04. The lowest BCUT2D eigenvalue weighted by Crippen LogP contribution is -2.29. The number of nitrogens with one attached hydrogen (secondary N) is 2. The van der Waals surface area contributed by atoms with Gasteiger partial charge in [-0.2, -0.15) is 0 Å². The van der Waals surface area contributed by atoms with E-state index in [2.05, 4.69) is 10.6 Å². The van der Waals surface area contributed by atoms with Crippen LogP contribution in [0.2, 0.25) is 0 Å². The van der Waals surface area contributed by atoms with Gasteiger partial charge in [-0.15, -0.1) is 0 Å². The Morgan fingerprint density at radius 3 is 2.61 bits per heavy atom. The molecular formula is C13H16N2O3. The van der Waals surface area contributed by atoms with E-state index in [1.54, 1.807) is 0 Å². The summed E-state index contributed by atoms with van der Waals surface area (Å²) in [6.45, 7) is 2.73. The van der Waals surface area contributed by atoms with Crippen LogP contribution >= 0.6 is 0 Å². The van der Waals surface area contributed by atoms with Crippen molar-refractivity contribution in [2.24, 2.45) is 0 Å². The molecule has 1 unspecified atom stereocenters. The fourth-order valence-electron chi connectivity index (χ4n) is 1.74. The van der Waals surface area contributed by atoms with Gasteiger partial charge in [-0.05, 0) is 30.7 Å². The predicted octanol–water partition coefficient (Wildman–Crippen LogP) is 1.30. The molecule has 1 atom stereocenters. The molecule has 1 fully saturated rings. The lowest BCUT2D eigenvalue weighted by Gasteiger charge is -2.11. The molecule has 1 saturated heterocycles. The standard InChI is InChI=1S/C13H16N2O3/c1-2-7-18-10-5-3-9(4-6-10)14-11-8-12(16)15-13(11)17/h3-6,11,14H,2,7-8H2,1H3,(H,15,16,17). The minimum atomic E-state index is -0.472. The van der Waals surface area contributed by atoms with Gasteiger partial charge >= 0.3 is 0 Å². The van der Waals surface area contributed by atoms with Crippen LogP contribution in [-0.2, 0) is 9.59 Å². The van der Waals surface area contributed by atoms with Gasteiger partial charge in [-0.1, -0.05) is 6.92 Å². The molecule has 5 nitrogen and oxygen atoms in total. The van der Waals surface area contributed by atoms with Crippen LogP contribution in [0, 0.1) is 0 Å². The number of benzene rings is 1. The van der Waals surface area contributed by atoms with Crippen molar-refractivity contribution < 1.29 is 14.3 Å². The summed E-state index contributed by atoms with van der Waals surface area (Å²) in [4.78, 5) is 22.4. The van der Waals surface area contributed by atoms with Crippen LogP contribution < -0.4 is 15.4 Å². The number of carbonyl (C=O) groups is 2. The first-order valence-electron chi connectivity index (χ1n) is 6.02. The van der Waals surface area contributed by atoms with Gasteiger partial charge in [0.2, 0.25) is 11.8 Å². The van der Waals surface area contributed by atoms with Crippen LogP contribution in [-0.4, -0.2) is 24.5 Å². The SMILES string of the molecule is CCCOc1ccc(NC2CC(=O)NC2=O)cc1. The number of amides is 2. The highest BCUT2D eigenvalue weighted by Crippen LogP contribution is 2.18. The highest BCUT2D eigenvalue weighted by atomic mass is 16.5. The molecule has 1 aromatic carbocycles. The second kappa shape index (κ2) is 5.53. The van der Waals surface area contributed by atoms with Gasteiger partial charge < -0.3 is 10.1 Å². The van der Waals surface area contributed by atoms with E-state index in [0.717, 1.165) is 17.9 Å².